The molecule has 0 aliphatic carbocycles. The zero-order chi connectivity index (χ0) is 10.2. The lowest BCUT2D eigenvalue weighted by molar-refractivity contribution is -0.144. The van der Waals surface area contributed by atoms with Crippen LogP contribution in [0.4, 0.5) is 0 Å². The van der Waals surface area contributed by atoms with E-state index in [4.69, 9.17) is 0 Å². The van der Waals surface area contributed by atoms with E-state index in [1.165, 1.54) is 4.90 Å². The standard InChI is InChI=1S/C8H16N2O2Si/c1-9-5-8(12)10(6-7(9)11)13(2,3)4/h5-6H2,1-4H3. The smallest absolute Gasteiger partial charge is 0.241 e. The molecule has 2 amide bonds. The summed E-state index contributed by atoms with van der Waals surface area (Å²) in [6.45, 7) is 6.73. The second kappa shape index (κ2) is 3.14. The maximum atomic E-state index is 11.6. The fourth-order valence-corrected chi connectivity index (χ4v) is 2.76. The molecule has 74 valence electrons. The summed E-state index contributed by atoms with van der Waals surface area (Å²) < 4.78 is 1.76. The largest absolute Gasteiger partial charge is 0.360 e. The molecule has 0 N–H and O–H groups in total. The maximum absolute atomic E-state index is 11.6. The van der Waals surface area contributed by atoms with Crippen molar-refractivity contribution < 1.29 is 9.59 Å². The van der Waals surface area contributed by atoms with Gasteiger partial charge in [0.2, 0.25) is 11.8 Å². The molecule has 0 saturated carbocycles. The Balaban J connectivity index is 2.79. The SMILES string of the molecule is CN1CC(=O)N([Si](C)(C)C)CC1=O. The molecule has 1 aliphatic rings. The van der Waals surface area contributed by atoms with Gasteiger partial charge in [-0.2, -0.15) is 0 Å². The van der Waals surface area contributed by atoms with Crippen LogP contribution in [0.2, 0.25) is 19.6 Å². The minimum atomic E-state index is -1.65. The fourth-order valence-electron chi connectivity index (χ4n) is 1.33. The van der Waals surface area contributed by atoms with Crippen LogP contribution in [0.15, 0.2) is 0 Å². The molecule has 5 heteroatoms. The summed E-state index contributed by atoms with van der Waals surface area (Å²) in [6.07, 6.45) is 0. The molecule has 0 unspecified atom stereocenters. The van der Waals surface area contributed by atoms with Gasteiger partial charge < -0.3 is 9.47 Å². The Morgan fingerprint density at radius 3 is 2.08 bits per heavy atom. The van der Waals surface area contributed by atoms with Crippen LogP contribution in [0.1, 0.15) is 0 Å². The highest BCUT2D eigenvalue weighted by Crippen LogP contribution is 2.13. The summed E-state index contributed by atoms with van der Waals surface area (Å²) in [5.74, 6) is 0.128. The summed E-state index contributed by atoms with van der Waals surface area (Å²) >= 11 is 0. The van der Waals surface area contributed by atoms with Crippen LogP contribution >= 0.6 is 0 Å². The Labute approximate surface area is 79.6 Å². The molecule has 1 aliphatic heterocycles. The number of piperazine rings is 1. The molecule has 13 heavy (non-hydrogen) atoms. The first-order chi connectivity index (χ1) is 5.82. The number of nitrogens with zero attached hydrogens (tertiary/aromatic N) is 2. The van der Waals surface area contributed by atoms with E-state index in [-0.39, 0.29) is 24.9 Å². The van der Waals surface area contributed by atoms with Crippen molar-refractivity contribution >= 4 is 20.0 Å². The van der Waals surface area contributed by atoms with Crippen molar-refractivity contribution in [2.24, 2.45) is 0 Å². The molecule has 1 fully saturated rings. The number of carbonyl (C=O) groups excluding carboxylic acids is 2. The summed E-state index contributed by atoms with van der Waals surface area (Å²) in [6, 6.07) is 0. The van der Waals surface area contributed by atoms with Crippen LogP contribution in [0.5, 0.6) is 0 Å². The number of hydrogen-bond donors (Lipinski definition) is 0. The Bertz CT molecular complexity index is 247. The predicted molar refractivity (Wildman–Crippen MR) is 52.7 cm³/mol. The fraction of sp³-hybridized carbons (Fsp3) is 0.750. The van der Waals surface area contributed by atoms with E-state index < -0.39 is 8.24 Å². The molecule has 4 nitrogen and oxygen atoms in total. The quantitative estimate of drug-likeness (QED) is 0.564. The molecule has 0 aromatic heterocycles. The number of hydrogen-bond acceptors (Lipinski definition) is 2. The van der Waals surface area contributed by atoms with Crippen molar-refractivity contribution in [2.45, 2.75) is 19.6 Å². The van der Waals surface area contributed by atoms with Gasteiger partial charge in [-0.05, 0) is 0 Å². The molecule has 1 rings (SSSR count). The molecular formula is C8H16N2O2Si. The third kappa shape index (κ3) is 2.09. The lowest BCUT2D eigenvalue weighted by Gasteiger charge is -2.39. The van der Waals surface area contributed by atoms with Crippen LogP contribution < -0.4 is 0 Å². The first kappa shape index (κ1) is 10.2. The van der Waals surface area contributed by atoms with E-state index in [9.17, 15) is 9.59 Å². The summed E-state index contributed by atoms with van der Waals surface area (Å²) in [5, 5.41) is 0. The first-order valence-corrected chi connectivity index (χ1v) is 7.81. The van der Waals surface area contributed by atoms with Crippen molar-refractivity contribution in [3.05, 3.63) is 0 Å². The van der Waals surface area contributed by atoms with Gasteiger partial charge in [-0.1, -0.05) is 19.6 Å². The van der Waals surface area contributed by atoms with Crippen molar-refractivity contribution in [2.75, 3.05) is 20.1 Å². The van der Waals surface area contributed by atoms with Crippen molar-refractivity contribution in [1.82, 2.24) is 9.47 Å². The lowest BCUT2D eigenvalue weighted by Crippen LogP contribution is -2.60. The van der Waals surface area contributed by atoms with Crippen LogP contribution in [0, 0.1) is 0 Å². The first-order valence-electron chi connectivity index (χ1n) is 4.37. The van der Waals surface area contributed by atoms with Gasteiger partial charge in [0, 0.05) is 7.05 Å². The zero-order valence-electron chi connectivity index (χ0n) is 8.63. The monoisotopic (exact) mass is 200 g/mol. The minimum Gasteiger partial charge on any atom is -0.360 e. The number of likely N-dealkylation sites (N-methyl/N-ethyl adjacent to an activating group) is 1. The molecule has 0 bridgehead atoms. The van der Waals surface area contributed by atoms with E-state index in [1.54, 1.807) is 11.6 Å². The van der Waals surface area contributed by atoms with Gasteiger partial charge in [-0.25, -0.2) is 0 Å². The third-order valence-corrected chi connectivity index (χ3v) is 4.23. The van der Waals surface area contributed by atoms with E-state index in [0.29, 0.717) is 0 Å². The van der Waals surface area contributed by atoms with Gasteiger partial charge in [0.15, 0.2) is 8.24 Å². The maximum Gasteiger partial charge on any atom is 0.241 e. The highest BCUT2D eigenvalue weighted by Gasteiger charge is 2.35. The van der Waals surface area contributed by atoms with Gasteiger partial charge in [0.05, 0.1) is 13.1 Å². The third-order valence-electron chi connectivity index (χ3n) is 2.20. The normalized spacial score (nSPS) is 19.7. The topological polar surface area (TPSA) is 40.6 Å². The molecule has 0 aromatic carbocycles. The van der Waals surface area contributed by atoms with Gasteiger partial charge in [0.25, 0.3) is 0 Å². The van der Waals surface area contributed by atoms with E-state index >= 15 is 0 Å². The lowest BCUT2D eigenvalue weighted by atomic mass is 10.4. The second-order valence-electron chi connectivity index (χ2n) is 4.40. The van der Waals surface area contributed by atoms with Crippen LogP contribution in [0.25, 0.3) is 0 Å². The average Bonchev–Trinajstić information content (AvgIpc) is 1.94. The van der Waals surface area contributed by atoms with Crippen LogP contribution in [0.3, 0.4) is 0 Å². The molecule has 1 heterocycles. The molecule has 0 spiro atoms. The summed E-state index contributed by atoms with van der Waals surface area (Å²) in [7, 11) is 0.0139. The molecular weight excluding hydrogens is 184 g/mol. The Morgan fingerprint density at radius 2 is 1.62 bits per heavy atom. The molecule has 0 radical (unpaired) electrons. The van der Waals surface area contributed by atoms with Crippen molar-refractivity contribution in [3.63, 3.8) is 0 Å². The van der Waals surface area contributed by atoms with Gasteiger partial charge in [-0.3, -0.25) is 9.59 Å². The molecule has 0 aromatic rings. The van der Waals surface area contributed by atoms with E-state index in [1.807, 2.05) is 0 Å². The van der Waals surface area contributed by atoms with Crippen LogP contribution in [-0.4, -0.2) is 49.7 Å². The van der Waals surface area contributed by atoms with Gasteiger partial charge in [-0.15, -0.1) is 0 Å². The Hall–Kier alpha value is -0.843. The molecule has 1 saturated heterocycles. The van der Waals surface area contributed by atoms with Crippen molar-refractivity contribution in [1.29, 1.82) is 0 Å². The number of rotatable bonds is 1. The van der Waals surface area contributed by atoms with Gasteiger partial charge >= 0.3 is 0 Å². The zero-order valence-corrected chi connectivity index (χ0v) is 9.63. The summed E-state index contributed by atoms with van der Waals surface area (Å²) in [4.78, 5) is 24.4. The van der Waals surface area contributed by atoms with Crippen molar-refractivity contribution in [3.8, 4) is 0 Å². The Kier molecular flexibility index (Phi) is 2.47. The van der Waals surface area contributed by atoms with Gasteiger partial charge in [0.1, 0.15) is 0 Å². The highest BCUT2D eigenvalue weighted by molar-refractivity contribution is 6.75. The summed E-state index contributed by atoms with van der Waals surface area (Å²) in [5.41, 5.74) is 0. The Morgan fingerprint density at radius 1 is 1.08 bits per heavy atom. The average molecular weight is 200 g/mol. The number of amides is 2. The minimum absolute atomic E-state index is 0.0435. The van der Waals surface area contributed by atoms with E-state index in [2.05, 4.69) is 19.6 Å². The van der Waals surface area contributed by atoms with Crippen LogP contribution in [-0.2, 0) is 9.59 Å². The highest BCUT2D eigenvalue weighted by atomic mass is 28.3. The second-order valence-corrected chi connectivity index (χ2v) is 9.28. The predicted octanol–water partition coefficient (Wildman–Crippen LogP) is 0.122. The molecule has 0 atom stereocenters. The van der Waals surface area contributed by atoms with E-state index in [0.717, 1.165) is 0 Å². The number of carbonyl (C=O) groups is 2.